The van der Waals surface area contributed by atoms with E-state index in [1.807, 2.05) is 24.4 Å². The van der Waals surface area contributed by atoms with E-state index in [-0.39, 0.29) is 0 Å². The zero-order chi connectivity index (χ0) is 12.6. The molecule has 0 amide bonds. The fourth-order valence-electron chi connectivity index (χ4n) is 2.32. The lowest BCUT2D eigenvalue weighted by atomic mass is 9.87. The van der Waals surface area contributed by atoms with Gasteiger partial charge in [-0.1, -0.05) is 24.3 Å². The first-order chi connectivity index (χ1) is 8.69. The lowest BCUT2D eigenvalue weighted by molar-refractivity contribution is -0.0146. The normalized spacial score (nSPS) is 17.2. The topological polar surface area (TPSA) is 45.2 Å². The monoisotopic (exact) mass is 240 g/mol. The van der Waals surface area contributed by atoms with Crippen molar-refractivity contribution in [1.82, 2.24) is 10.3 Å². The molecule has 1 aromatic heterocycles. The summed E-state index contributed by atoms with van der Waals surface area (Å²) in [6, 6.07) is 10.2. The van der Waals surface area contributed by atoms with E-state index in [0.717, 1.165) is 16.7 Å². The minimum absolute atomic E-state index is 0.640. The Balaban J connectivity index is 1.94. The molecule has 0 aliphatic carbocycles. The quantitative estimate of drug-likeness (QED) is 0.842. The van der Waals surface area contributed by atoms with E-state index in [2.05, 4.69) is 29.4 Å². The maximum absolute atomic E-state index is 10.2. The molecule has 0 atom stereocenters. The van der Waals surface area contributed by atoms with Crippen molar-refractivity contribution in [2.24, 2.45) is 0 Å². The molecule has 92 valence electrons. The first-order valence-corrected chi connectivity index (χ1v) is 6.14. The smallest absolute Gasteiger partial charge is 0.114 e. The molecule has 0 radical (unpaired) electrons. The maximum Gasteiger partial charge on any atom is 0.114 e. The van der Waals surface area contributed by atoms with E-state index >= 15 is 0 Å². The zero-order valence-electron chi connectivity index (χ0n) is 10.4. The van der Waals surface area contributed by atoms with E-state index in [0.29, 0.717) is 13.1 Å². The molecule has 3 heteroatoms. The summed E-state index contributed by atoms with van der Waals surface area (Å²) in [5, 5.41) is 13.3. The Morgan fingerprint density at radius 1 is 1.17 bits per heavy atom. The van der Waals surface area contributed by atoms with Crippen LogP contribution in [0.4, 0.5) is 0 Å². The van der Waals surface area contributed by atoms with Crippen molar-refractivity contribution in [3.63, 3.8) is 0 Å². The number of aliphatic hydroxyl groups is 1. The average Bonchev–Trinajstić information content (AvgIpc) is 2.37. The van der Waals surface area contributed by atoms with Crippen molar-refractivity contribution in [2.75, 3.05) is 13.1 Å². The van der Waals surface area contributed by atoms with Crippen LogP contribution in [0, 0.1) is 6.92 Å². The number of hydrogen-bond donors (Lipinski definition) is 2. The van der Waals surface area contributed by atoms with Crippen LogP contribution in [0.25, 0.3) is 11.1 Å². The molecule has 0 spiro atoms. The molecule has 1 aliphatic rings. The number of nitrogens with one attached hydrogen (secondary N) is 1. The zero-order valence-corrected chi connectivity index (χ0v) is 10.4. The number of nitrogens with zero attached hydrogens (tertiary/aromatic N) is 1. The second-order valence-electron chi connectivity index (χ2n) is 4.90. The SMILES string of the molecule is Cc1cnccc1-c1ccc(C2(O)CNC2)cc1. The molecule has 2 heterocycles. The predicted molar refractivity (Wildman–Crippen MR) is 71.2 cm³/mol. The maximum atomic E-state index is 10.2. The molecule has 0 saturated carbocycles. The van der Waals surface area contributed by atoms with E-state index in [9.17, 15) is 5.11 Å². The van der Waals surface area contributed by atoms with Crippen LogP contribution in [0.3, 0.4) is 0 Å². The van der Waals surface area contributed by atoms with Gasteiger partial charge in [0, 0.05) is 25.5 Å². The summed E-state index contributed by atoms with van der Waals surface area (Å²) in [6.07, 6.45) is 3.67. The Labute approximate surface area is 107 Å². The fraction of sp³-hybridized carbons (Fsp3) is 0.267. The van der Waals surface area contributed by atoms with Crippen LogP contribution < -0.4 is 5.32 Å². The molecule has 3 nitrogen and oxygen atoms in total. The van der Waals surface area contributed by atoms with Gasteiger partial charge in [-0.3, -0.25) is 4.98 Å². The minimum Gasteiger partial charge on any atom is -0.382 e. The second kappa shape index (κ2) is 4.19. The van der Waals surface area contributed by atoms with E-state index < -0.39 is 5.60 Å². The van der Waals surface area contributed by atoms with Gasteiger partial charge < -0.3 is 10.4 Å². The first kappa shape index (κ1) is 11.4. The van der Waals surface area contributed by atoms with Gasteiger partial charge in [0.05, 0.1) is 0 Å². The van der Waals surface area contributed by atoms with Gasteiger partial charge >= 0.3 is 0 Å². The van der Waals surface area contributed by atoms with Gasteiger partial charge in [0.1, 0.15) is 5.60 Å². The van der Waals surface area contributed by atoms with Crippen LogP contribution in [0.15, 0.2) is 42.7 Å². The summed E-state index contributed by atoms with van der Waals surface area (Å²) in [4.78, 5) is 4.10. The van der Waals surface area contributed by atoms with Gasteiger partial charge in [-0.15, -0.1) is 0 Å². The van der Waals surface area contributed by atoms with Crippen molar-refractivity contribution < 1.29 is 5.11 Å². The molecule has 0 bridgehead atoms. The van der Waals surface area contributed by atoms with Crippen molar-refractivity contribution in [1.29, 1.82) is 0 Å². The van der Waals surface area contributed by atoms with Crippen molar-refractivity contribution >= 4 is 0 Å². The van der Waals surface area contributed by atoms with E-state index in [4.69, 9.17) is 0 Å². The summed E-state index contributed by atoms with van der Waals surface area (Å²) in [5.74, 6) is 0. The molecule has 3 rings (SSSR count). The highest BCUT2D eigenvalue weighted by Gasteiger charge is 2.35. The summed E-state index contributed by atoms with van der Waals surface area (Å²) >= 11 is 0. The first-order valence-electron chi connectivity index (χ1n) is 6.14. The third-order valence-electron chi connectivity index (χ3n) is 3.59. The molecule has 1 aliphatic heterocycles. The number of hydrogen-bond acceptors (Lipinski definition) is 3. The van der Waals surface area contributed by atoms with Crippen LogP contribution in [0.5, 0.6) is 0 Å². The van der Waals surface area contributed by atoms with Gasteiger partial charge in [0.25, 0.3) is 0 Å². The van der Waals surface area contributed by atoms with Crippen LogP contribution in [0.1, 0.15) is 11.1 Å². The summed E-state index contributed by atoms with van der Waals surface area (Å²) in [6.45, 7) is 3.33. The molecule has 1 fully saturated rings. The number of benzene rings is 1. The number of β-amino-alcohol motifs (C(OH)–C–C–N with tert-alkyl or cyclic N) is 1. The Hall–Kier alpha value is -1.71. The predicted octanol–water partition coefficient (Wildman–Crippen LogP) is 1.85. The molecule has 18 heavy (non-hydrogen) atoms. The Bertz CT molecular complexity index is 559. The second-order valence-corrected chi connectivity index (χ2v) is 4.90. The minimum atomic E-state index is -0.675. The lowest BCUT2D eigenvalue weighted by Crippen LogP contribution is -2.56. The molecule has 1 aromatic carbocycles. The summed E-state index contributed by atoms with van der Waals surface area (Å²) < 4.78 is 0. The lowest BCUT2D eigenvalue weighted by Gasteiger charge is -2.38. The molecule has 1 saturated heterocycles. The van der Waals surface area contributed by atoms with Crippen LogP contribution in [0.2, 0.25) is 0 Å². The van der Waals surface area contributed by atoms with Gasteiger partial charge in [0.15, 0.2) is 0 Å². The van der Waals surface area contributed by atoms with Gasteiger partial charge in [-0.2, -0.15) is 0 Å². The van der Waals surface area contributed by atoms with Crippen LogP contribution in [-0.2, 0) is 5.60 Å². The van der Waals surface area contributed by atoms with Crippen molar-refractivity contribution in [2.45, 2.75) is 12.5 Å². The highest BCUT2D eigenvalue weighted by atomic mass is 16.3. The molecular formula is C15H16N2O. The fourth-order valence-corrected chi connectivity index (χ4v) is 2.32. The number of aromatic nitrogens is 1. The largest absolute Gasteiger partial charge is 0.382 e. The molecule has 2 N–H and O–H groups in total. The highest BCUT2D eigenvalue weighted by molar-refractivity contribution is 5.66. The Morgan fingerprint density at radius 3 is 2.44 bits per heavy atom. The number of aryl methyl sites for hydroxylation is 1. The standard InChI is InChI=1S/C15H16N2O/c1-11-8-16-7-6-14(11)12-2-4-13(5-3-12)15(18)9-17-10-15/h2-8,17-18H,9-10H2,1H3. The third kappa shape index (κ3) is 1.82. The number of pyridine rings is 1. The highest BCUT2D eigenvalue weighted by Crippen LogP contribution is 2.28. The molecule has 2 aromatic rings. The van der Waals surface area contributed by atoms with Crippen LogP contribution >= 0.6 is 0 Å². The summed E-state index contributed by atoms with van der Waals surface area (Å²) in [5.41, 5.74) is 3.82. The van der Waals surface area contributed by atoms with E-state index in [1.54, 1.807) is 6.20 Å². The molecular weight excluding hydrogens is 224 g/mol. The molecule has 0 unspecified atom stereocenters. The van der Waals surface area contributed by atoms with Crippen molar-refractivity contribution in [3.8, 4) is 11.1 Å². The third-order valence-corrected chi connectivity index (χ3v) is 3.59. The Kier molecular flexibility index (Phi) is 2.65. The number of rotatable bonds is 2. The average molecular weight is 240 g/mol. The Morgan fingerprint density at radius 2 is 1.89 bits per heavy atom. The summed E-state index contributed by atoms with van der Waals surface area (Å²) in [7, 11) is 0. The van der Waals surface area contributed by atoms with E-state index in [1.165, 1.54) is 5.56 Å². The van der Waals surface area contributed by atoms with Gasteiger partial charge in [-0.25, -0.2) is 0 Å². The van der Waals surface area contributed by atoms with Crippen LogP contribution in [-0.4, -0.2) is 23.2 Å². The van der Waals surface area contributed by atoms with Gasteiger partial charge in [0.2, 0.25) is 0 Å². The van der Waals surface area contributed by atoms with Crippen molar-refractivity contribution in [3.05, 3.63) is 53.9 Å². The van der Waals surface area contributed by atoms with Gasteiger partial charge in [-0.05, 0) is 35.2 Å².